The van der Waals surface area contributed by atoms with Crippen molar-refractivity contribution in [3.8, 4) is 0 Å². The Morgan fingerprint density at radius 2 is 1.10 bits per heavy atom. The van der Waals surface area contributed by atoms with E-state index in [1.807, 2.05) is 0 Å². The largest absolute Gasteiger partial charge is 0.478 e. The third kappa shape index (κ3) is 10.8. The maximum absolute atomic E-state index is 11.8. The Bertz CT molecular complexity index is 651. The monoisotopic (exact) mass is 432 g/mol. The molecule has 0 unspecified atom stereocenters. The Labute approximate surface area is 189 Å². The van der Waals surface area contributed by atoms with Crippen LogP contribution in [0.15, 0.2) is 12.1 Å². The molecule has 0 aliphatic heterocycles. The number of aromatic carboxylic acids is 2. The Morgan fingerprint density at radius 3 is 1.52 bits per heavy atom. The number of benzene rings is 1. The van der Waals surface area contributed by atoms with Gasteiger partial charge in [0.1, 0.15) is 0 Å². The maximum atomic E-state index is 11.8. The summed E-state index contributed by atoms with van der Waals surface area (Å²) >= 11 is 0. The zero-order valence-electron chi connectivity index (χ0n) is 19.9. The van der Waals surface area contributed by atoms with Crippen molar-refractivity contribution in [2.24, 2.45) is 0 Å². The predicted molar refractivity (Wildman–Crippen MR) is 128 cm³/mol. The van der Waals surface area contributed by atoms with E-state index in [1.165, 1.54) is 83.1 Å². The van der Waals surface area contributed by atoms with Crippen molar-refractivity contribution < 1.29 is 19.8 Å². The van der Waals surface area contributed by atoms with Gasteiger partial charge in [-0.25, -0.2) is 9.59 Å². The van der Waals surface area contributed by atoms with Gasteiger partial charge in [-0.2, -0.15) is 0 Å². The summed E-state index contributed by atoms with van der Waals surface area (Å²) in [5.74, 6) is -2.29. The number of carboxylic acids is 2. The molecule has 0 saturated heterocycles. The second-order valence-electron chi connectivity index (χ2n) is 8.83. The molecule has 1 aromatic rings. The molecular weight excluding hydrogens is 388 g/mol. The van der Waals surface area contributed by atoms with Crippen LogP contribution in [0.1, 0.15) is 142 Å². The third-order valence-corrected chi connectivity index (χ3v) is 6.15. The summed E-state index contributed by atoms with van der Waals surface area (Å²) < 4.78 is 0. The number of carbonyl (C=O) groups is 2. The zero-order chi connectivity index (χ0) is 22.9. The first-order valence-corrected chi connectivity index (χ1v) is 12.6. The highest BCUT2D eigenvalue weighted by molar-refractivity contribution is 6.03. The van der Waals surface area contributed by atoms with Crippen LogP contribution < -0.4 is 0 Å². The van der Waals surface area contributed by atoms with E-state index in [9.17, 15) is 19.8 Å². The van der Waals surface area contributed by atoms with Gasteiger partial charge in [0.25, 0.3) is 0 Å². The fraction of sp³-hybridized carbons (Fsp3) is 0.704. The molecule has 4 heteroatoms. The van der Waals surface area contributed by atoms with E-state index in [1.54, 1.807) is 6.07 Å². The van der Waals surface area contributed by atoms with Crippen LogP contribution in [-0.4, -0.2) is 22.2 Å². The second kappa shape index (κ2) is 16.8. The first-order valence-electron chi connectivity index (χ1n) is 12.6. The smallest absolute Gasteiger partial charge is 0.336 e. The number of rotatable bonds is 19. The van der Waals surface area contributed by atoms with E-state index in [0.29, 0.717) is 6.42 Å². The van der Waals surface area contributed by atoms with E-state index < -0.39 is 11.9 Å². The molecule has 0 radical (unpaired) electrons. The van der Waals surface area contributed by atoms with Crippen LogP contribution in [0.25, 0.3) is 0 Å². The van der Waals surface area contributed by atoms with Crippen molar-refractivity contribution in [2.75, 3.05) is 0 Å². The van der Waals surface area contributed by atoms with Crippen LogP contribution in [0.5, 0.6) is 0 Å². The molecule has 0 bridgehead atoms. The predicted octanol–water partition coefficient (Wildman–Crippen LogP) is 8.06. The summed E-state index contributed by atoms with van der Waals surface area (Å²) in [5, 5.41) is 19.0. The van der Waals surface area contributed by atoms with Gasteiger partial charge in [0, 0.05) is 0 Å². The van der Waals surface area contributed by atoms with Crippen LogP contribution in [0.3, 0.4) is 0 Å². The fourth-order valence-corrected chi connectivity index (χ4v) is 4.40. The van der Waals surface area contributed by atoms with Crippen molar-refractivity contribution in [2.45, 2.75) is 123 Å². The maximum Gasteiger partial charge on any atom is 0.336 e. The summed E-state index contributed by atoms with van der Waals surface area (Å²) in [7, 11) is 0. The lowest BCUT2D eigenvalue weighted by molar-refractivity contribution is 0.0650. The standard InChI is InChI=1S/C27H44O4/c1-3-5-6-7-8-9-10-11-12-13-14-15-16-17-19-23-22(18-4-2)20-21-24(26(28)29)25(23)27(30)31/h20-21H,3-19H2,1-2H3,(H,28,29)(H,30,31). The lowest BCUT2D eigenvalue weighted by Gasteiger charge is -2.15. The van der Waals surface area contributed by atoms with Crippen LogP contribution in [-0.2, 0) is 12.8 Å². The molecule has 0 heterocycles. The van der Waals surface area contributed by atoms with Gasteiger partial charge in [0.05, 0.1) is 11.1 Å². The molecule has 0 amide bonds. The van der Waals surface area contributed by atoms with E-state index in [4.69, 9.17) is 0 Å². The van der Waals surface area contributed by atoms with Gasteiger partial charge >= 0.3 is 11.9 Å². The minimum atomic E-state index is -1.16. The van der Waals surface area contributed by atoms with Crippen LogP contribution in [0.4, 0.5) is 0 Å². The molecule has 1 rings (SSSR count). The average Bonchev–Trinajstić information content (AvgIpc) is 2.74. The average molecular weight is 433 g/mol. The van der Waals surface area contributed by atoms with Crippen molar-refractivity contribution in [1.82, 2.24) is 0 Å². The molecule has 31 heavy (non-hydrogen) atoms. The summed E-state index contributed by atoms with van der Waals surface area (Å²) in [6.07, 6.45) is 20.3. The first-order chi connectivity index (χ1) is 15.0. The topological polar surface area (TPSA) is 74.6 Å². The summed E-state index contributed by atoms with van der Waals surface area (Å²) in [5.41, 5.74) is 1.62. The van der Waals surface area contributed by atoms with Crippen LogP contribution in [0.2, 0.25) is 0 Å². The highest BCUT2D eigenvalue weighted by Gasteiger charge is 2.22. The Hall–Kier alpha value is -1.84. The minimum absolute atomic E-state index is 0.00635. The van der Waals surface area contributed by atoms with Gasteiger partial charge < -0.3 is 10.2 Å². The molecule has 4 nitrogen and oxygen atoms in total. The highest BCUT2D eigenvalue weighted by Crippen LogP contribution is 2.24. The summed E-state index contributed by atoms with van der Waals surface area (Å²) in [4.78, 5) is 23.3. The van der Waals surface area contributed by atoms with Gasteiger partial charge in [-0.05, 0) is 36.5 Å². The SMILES string of the molecule is CCCCCCCCCCCCCCCCc1c(CCC)ccc(C(=O)O)c1C(=O)O. The number of carboxylic acid groups (broad SMARTS) is 2. The Kier molecular flexibility index (Phi) is 14.7. The van der Waals surface area contributed by atoms with Crippen molar-refractivity contribution >= 4 is 11.9 Å². The second-order valence-corrected chi connectivity index (χ2v) is 8.83. The molecule has 2 N–H and O–H groups in total. The van der Waals surface area contributed by atoms with E-state index in [0.717, 1.165) is 36.8 Å². The quantitative estimate of drug-likeness (QED) is 0.217. The summed E-state index contributed by atoms with van der Waals surface area (Å²) in [6.45, 7) is 4.32. The van der Waals surface area contributed by atoms with Crippen molar-refractivity contribution in [3.05, 3.63) is 34.4 Å². The zero-order valence-corrected chi connectivity index (χ0v) is 19.9. The van der Waals surface area contributed by atoms with Crippen LogP contribution in [0, 0.1) is 0 Å². The van der Waals surface area contributed by atoms with Crippen molar-refractivity contribution in [1.29, 1.82) is 0 Å². The van der Waals surface area contributed by atoms with Gasteiger partial charge in [-0.15, -0.1) is 0 Å². The number of aryl methyl sites for hydroxylation is 1. The molecule has 176 valence electrons. The minimum Gasteiger partial charge on any atom is -0.478 e. The molecular formula is C27H44O4. The molecule has 0 aromatic heterocycles. The van der Waals surface area contributed by atoms with Gasteiger partial charge in [-0.3, -0.25) is 0 Å². The Morgan fingerprint density at radius 1 is 0.613 bits per heavy atom. The van der Waals surface area contributed by atoms with E-state index >= 15 is 0 Å². The van der Waals surface area contributed by atoms with Gasteiger partial charge in [0.2, 0.25) is 0 Å². The molecule has 0 fully saturated rings. The van der Waals surface area contributed by atoms with Gasteiger partial charge in [0.15, 0.2) is 0 Å². The number of unbranched alkanes of at least 4 members (excludes halogenated alkanes) is 13. The van der Waals surface area contributed by atoms with Crippen molar-refractivity contribution in [3.63, 3.8) is 0 Å². The normalized spacial score (nSPS) is 11.0. The molecule has 0 spiro atoms. The Balaban J connectivity index is 2.32. The highest BCUT2D eigenvalue weighted by atomic mass is 16.4. The molecule has 0 saturated carbocycles. The van der Waals surface area contributed by atoms with Crippen LogP contribution >= 0.6 is 0 Å². The molecule has 0 aliphatic rings. The molecule has 0 aliphatic carbocycles. The third-order valence-electron chi connectivity index (χ3n) is 6.15. The number of hydrogen-bond donors (Lipinski definition) is 2. The lowest BCUT2D eigenvalue weighted by atomic mass is 9.90. The lowest BCUT2D eigenvalue weighted by Crippen LogP contribution is -2.14. The summed E-state index contributed by atoms with van der Waals surface area (Å²) in [6, 6.07) is 3.25. The van der Waals surface area contributed by atoms with Gasteiger partial charge in [-0.1, -0.05) is 110 Å². The number of hydrogen-bond acceptors (Lipinski definition) is 2. The molecule has 1 aromatic carbocycles. The fourth-order valence-electron chi connectivity index (χ4n) is 4.40. The van der Waals surface area contributed by atoms with E-state index in [-0.39, 0.29) is 11.1 Å². The van der Waals surface area contributed by atoms with E-state index in [2.05, 4.69) is 13.8 Å². The first kappa shape index (κ1) is 27.2. The molecule has 0 atom stereocenters.